The lowest BCUT2D eigenvalue weighted by atomic mass is 10.2. The van der Waals surface area contributed by atoms with Crippen LogP contribution in [0.3, 0.4) is 0 Å². The largest absolute Gasteiger partial charge is 0.461 e. The van der Waals surface area contributed by atoms with Gasteiger partial charge in [0.05, 0.1) is 22.3 Å². The summed E-state index contributed by atoms with van der Waals surface area (Å²) in [5, 5.41) is 1.00. The van der Waals surface area contributed by atoms with Crippen LogP contribution >= 0.6 is 23.2 Å². The highest BCUT2D eigenvalue weighted by Gasteiger charge is 2.07. The van der Waals surface area contributed by atoms with Gasteiger partial charge in [-0.05, 0) is 42.8 Å². The van der Waals surface area contributed by atoms with Gasteiger partial charge in [0.15, 0.2) is 0 Å². The first-order valence-electron chi connectivity index (χ1n) is 6.37. The number of rotatable bonds is 4. The molecule has 108 valence electrons. The molecule has 1 heterocycles. The van der Waals surface area contributed by atoms with Gasteiger partial charge in [0.2, 0.25) is 0 Å². The van der Waals surface area contributed by atoms with E-state index in [9.17, 15) is 4.79 Å². The Morgan fingerprint density at radius 3 is 2.71 bits per heavy atom. The van der Waals surface area contributed by atoms with Crippen LogP contribution in [0.15, 0.2) is 36.4 Å². The van der Waals surface area contributed by atoms with E-state index in [0.29, 0.717) is 22.3 Å². The Bertz CT molecular complexity index is 684. The maximum atomic E-state index is 11.6. The summed E-state index contributed by atoms with van der Waals surface area (Å²) in [6.07, 6.45) is 3.64. The molecule has 0 aliphatic rings. The van der Waals surface area contributed by atoms with Crippen LogP contribution in [0.2, 0.25) is 10.0 Å². The van der Waals surface area contributed by atoms with Crippen LogP contribution in [0.1, 0.15) is 28.7 Å². The van der Waals surface area contributed by atoms with Crippen molar-refractivity contribution in [3.8, 4) is 0 Å². The Hall–Kier alpha value is -1.84. The van der Waals surface area contributed by atoms with E-state index in [1.807, 2.05) is 12.1 Å². The molecule has 1 aromatic carbocycles. The van der Waals surface area contributed by atoms with Gasteiger partial charge in [0.1, 0.15) is 5.69 Å². The standard InChI is InChI=1S/C16H13Cl2NO2/c1-2-21-16(20)15-5-3-4-12(19-15)8-6-11-7-9-13(17)14(18)10-11/h3-10H,2H2,1H3. The summed E-state index contributed by atoms with van der Waals surface area (Å²) in [5.74, 6) is -0.428. The predicted molar refractivity (Wildman–Crippen MR) is 85.6 cm³/mol. The number of pyridine rings is 1. The fourth-order valence-corrected chi connectivity index (χ4v) is 1.97. The number of benzene rings is 1. The number of carbonyl (C=O) groups excluding carboxylic acids is 1. The molecular formula is C16H13Cl2NO2. The number of halogens is 2. The SMILES string of the molecule is CCOC(=O)c1cccc(C=Cc2ccc(Cl)c(Cl)c2)n1. The van der Waals surface area contributed by atoms with E-state index in [0.717, 1.165) is 5.56 Å². The van der Waals surface area contributed by atoms with E-state index in [1.165, 1.54) is 0 Å². The van der Waals surface area contributed by atoms with Gasteiger partial charge in [0.25, 0.3) is 0 Å². The molecule has 0 fully saturated rings. The molecule has 2 rings (SSSR count). The summed E-state index contributed by atoms with van der Waals surface area (Å²) in [5.41, 5.74) is 1.84. The number of nitrogens with zero attached hydrogens (tertiary/aromatic N) is 1. The predicted octanol–water partition coefficient (Wildman–Crippen LogP) is 4.74. The minimum atomic E-state index is -0.428. The molecule has 1 aromatic heterocycles. The maximum Gasteiger partial charge on any atom is 0.356 e. The van der Waals surface area contributed by atoms with Crippen molar-refractivity contribution >= 4 is 41.3 Å². The van der Waals surface area contributed by atoms with E-state index >= 15 is 0 Å². The van der Waals surface area contributed by atoms with Crippen LogP contribution in [0.4, 0.5) is 0 Å². The number of hydrogen-bond donors (Lipinski definition) is 0. The number of hydrogen-bond acceptors (Lipinski definition) is 3. The van der Waals surface area contributed by atoms with E-state index in [4.69, 9.17) is 27.9 Å². The van der Waals surface area contributed by atoms with Crippen LogP contribution in [-0.2, 0) is 4.74 Å². The van der Waals surface area contributed by atoms with Crippen LogP contribution in [0, 0.1) is 0 Å². The van der Waals surface area contributed by atoms with Crippen molar-refractivity contribution in [1.29, 1.82) is 0 Å². The molecule has 0 spiro atoms. The first-order valence-corrected chi connectivity index (χ1v) is 7.13. The van der Waals surface area contributed by atoms with E-state index in [1.54, 1.807) is 43.3 Å². The Morgan fingerprint density at radius 1 is 1.19 bits per heavy atom. The zero-order valence-electron chi connectivity index (χ0n) is 11.3. The zero-order valence-corrected chi connectivity index (χ0v) is 12.9. The first kappa shape index (κ1) is 15.5. The van der Waals surface area contributed by atoms with Crippen LogP contribution in [-0.4, -0.2) is 17.6 Å². The van der Waals surface area contributed by atoms with Gasteiger partial charge in [-0.25, -0.2) is 9.78 Å². The molecule has 0 bridgehead atoms. The van der Waals surface area contributed by atoms with Crippen LogP contribution in [0.25, 0.3) is 12.2 Å². The Balaban J connectivity index is 2.19. The molecule has 5 heteroatoms. The van der Waals surface area contributed by atoms with Crippen molar-refractivity contribution < 1.29 is 9.53 Å². The minimum absolute atomic E-state index is 0.285. The average molecular weight is 322 g/mol. The Morgan fingerprint density at radius 2 is 2.00 bits per heavy atom. The summed E-state index contributed by atoms with van der Waals surface area (Å²) in [7, 11) is 0. The smallest absolute Gasteiger partial charge is 0.356 e. The van der Waals surface area contributed by atoms with Crippen molar-refractivity contribution in [2.45, 2.75) is 6.92 Å². The molecule has 0 aliphatic carbocycles. The summed E-state index contributed by atoms with van der Waals surface area (Å²) < 4.78 is 4.92. The second-order valence-corrected chi connectivity index (χ2v) is 4.99. The first-order chi connectivity index (χ1) is 10.1. The average Bonchev–Trinajstić information content (AvgIpc) is 2.49. The Labute approximate surface area is 133 Å². The van der Waals surface area contributed by atoms with Crippen molar-refractivity contribution in [3.05, 3.63) is 63.4 Å². The second-order valence-electron chi connectivity index (χ2n) is 4.18. The molecular weight excluding hydrogens is 309 g/mol. The molecule has 0 radical (unpaired) electrons. The van der Waals surface area contributed by atoms with Crippen molar-refractivity contribution in [2.75, 3.05) is 6.61 Å². The molecule has 0 aliphatic heterocycles. The lowest BCUT2D eigenvalue weighted by Gasteiger charge is -2.02. The minimum Gasteiger partial charge on any atom is -0.461 e. The molecule has 0 atom stereocenters. The van der Waals surface area contributed by atoms with Crippen molar-refractivity contribution in [2.24, 2.45) is 0 Å². The molecule has 0 saturated carbocycles. The van der Waals surface area contributed by atoms with Gasteiger partial charge >= 0.3 is 5.97 Å². The summed E-state index contributed by atoms with van der Waals surface area (Å²) >= 11 is 11.8. The summed E-state index contributed by atoms with van der Waals surface area (Å²) in [4.78, 5) is 15.8. The van der Waals surface area contributed by atoms with Crippen LogP contribution in [0.5, 0.6) is 0 Å². The Kier molecular flexibility index (Phi) is 5.37. The fourth-order valence-electron chi connectivity index (χ4n) is 1.66. The lowest BCUT2D eigenvalue weighted by molar-refractivity contribution is 0.0519. The van der Waals surface area contributed by atoms with Gasteiger partial charge in [-0.1, -0.05) is 41.4 Å². The normalized spacial score (nSPS) is 10.8. The fraction of sp³-hybridized carbons (Fsp3) is 0.125. The van der Waals surface area contributed by atoms with Gasteiger partial charge in [-0.15, -0.1) is 0 Å². The highest BCUT2D eigenvalue weighted by molar-refractivity contribution is 6.42. The summed E-state index contributed by atoms with van der Waals surface area (Å²) in [6, 6.07) is 10.5. The maximum absolute atomic E-state index is 11.6. The lowest BCUT2D eigenvalue weighted by Crippen LogP contribution is -2.07. The molecule has 3 nitrogen and oxygen atoms in total. The third kappa shape index (κ3) is 4.31. The monoisotopic (exact) mass is 321 g/mol. The van der Waals surface area contributed by atoms with Gasteiger partial charge < -0.3 is 4.74 Å². The molecule has 0 saturated heterocycles. The van der Waals surface area contributed by atoms with E-state index < -0.39 is 5.97 Å². The number of ether oxygens (including phenoxy) is 1. The van der Waals surface area contributed by atoms with Gasteiger partial charge in [-0.2, -0.15) is 0 Å². The highest BCUT2D eigenvalue weighted by Crippen LogP contribution is 2.23. The molecule has 2 aromatic rings. The van der Waals surface area contributed by atoms with E-state index in [2.05, 4.69) is 4.98 Å². The van der Waals surface area contributed by atoms with Gasteiger partial charge in [-0.3, -0.25) is 0 Å². The zero-order chi connectivity index (χ0) is 15.2. The second kappa shape index (κ2) is 7.25. The quantitative estimate of drug-likeness (QED) is 0.764. The molecule has 21 heavy (non-hydrogen) atoms. The number of esters is 1. The number of aromatic nitrogens is 1. The van der Waals surface area contributed by atoms with Crippen molar-refractivity contribution in [3.63, 3.8) is 0 Å². The third-order valence-electron chi connectivity index (χ3n) is 2.65. The topological polar surface area (TPSA) is 39.2 Å². The summed E-state index contributed by atoms with van der Waals surface area (Å²) in [6.45, 7) is 2.08. The molecule has 0 N–H and O–H groups in total. The van der Waals surface area contributed by atoms with Crippen molar-refractivity contribution in [1.82, 2.24) is 4.98 Å². The van der Waals surface area contributed by atoms with Crippen LogP contribution < -0.4 is 0 Å². The third-order valence-corrected chi connectivity index (χ3v) is 3.38. The molecule has 0 unspecified atom stereocenters. The number of carbonyl (C=O) groups is 1. The van der Waals surface area contributed by atoms with E-state index in [-0.39, 0.29) is 5.69 Å². The van der Waals surface area contributed by atoms with Gasteiger partial charge in [0, 0.05) is 0 Å². The molecule has 0 amide bonds. The highest BCUT2D eigenvalue weighted by atomic mass is 35.5.